The van der Waals surface area contributed by atoms with Crippen molar-refractivity contribution in [3.63, 3.8) is 0 Å². The van der Waals surface area contributed by atoms with Gasteiger partial charge in [0.15, 0.2) is 0 Å². The molecule has 1 heterocycles. The number of hydrogen-bond acceptors (Lipinski definition) is 4. The Morgan fingerprint density at radius 2 is 1.81 bits per heavy atom. The lowest BCUT2D eigenvalue weighted by molar-refractivity contribution is 0.0955. The van der Waals surface area contributed by atoms with Crippen molar-refractivity contribution in [1.29, 1.82) is 0 Å². The van der Waals surface area contributed by atoms with E-state index in [2.05, 4.69) is 32.6 Å². The van der Waals surface area contributed by atoms with E-state index in [4.69, 9.17) is 4.74 Å². The van der Waals surface area contributed by atoms with Crippen molar-refractivity contribution >= 4 is 23.2 Å². The van der Waals surface area contributed by atoms with Crippen molar-refractivity contribution in [1.82, 2.24) is 15.4 Å². The number of H-pyrrole nitrogens is 1. The van der Waals surface area contributed by atoms with Crippen molar-refractivity contribution in [3.05, 3.63) is 95.3 Å². The number of fused-ring (bicyclic) bond motifs is 1. The number of aromatic amines is 1. The third kappa shape index (κ3) is 5.60. The third-order valence-electron chi connectivity index (χ3n) is 4.69. The lowest BCUT2D eigenvalue weighted by Gasteiger charge is -2.21. The second kappa shape index (κ2) is 9.06. The van der Waals surface area contributed by atoms with E-state index in [0.717, 1.165) is 28.2 Å². The Balaban J connectivity index is 1.39. The molecule has 0 radical (unpaired) electrons. The van der Waals surface area contributed by atoms with Gasteiger partial charge in [0.2, 0.25) is 0 Å². The Labute approximate surface area is 187 Å². The molecule has 2 N–H and O–H groups in total. The highest BCUT2D eigenvalue weighted by molar-refractivity contribution is 5.97. The lowest BCUT2D eigenvalue weighted by Crippen LogP contribution is -2.22. The van der Waals surface area contributed by atoms with E-state index in [1.807, 2.05) is 69.3 Å². The molecule has 0 aliphatic heterocycles. The van der Waals surface area contributed by atoms with Crippen LogP contribution in [0.3, 0.4) is 0 Å². The maximum absolute atomic E-state index is 12.5. The van der Waals surface area contributed by atoms with E-state index in [1.165, 1.54) is 5.56 Å². The number of ether oxygens (including phenoxy) is 1. The minimum atomic E-state index is -0.282. The van der Waals surface area contributed by atoms with Gasteiger partial charge in [0.05, 0.1) is 17.2 Å². The molecule has 1 aromatic heterocycles. The van der Waals surface area contributed by atoms with Gasteiger partial charge < -0.3 is 9.72 Å². The van der Waals surface area contributed by atoms with E-state index in [0.29, 0.717) is 12.0 Å². The van der Waals surface area contributed by atoms with E-state index in [9.17, 15) is 4.79 Å². The molecule has 0 saturated carbocycles. The molecule has 0 unspecified atom stereocenters. The topological polar surface area (TPSA) is 79.4 Å². The minimum Gasteiger partial charge on any atom is -0.488 e. The highest BCUT2D eigenvalue weighted by Crippen LogP contribution is 2.18. The number of nitrogens with one attached hydrogen (secondary N) is 2. The number of imidazole rings is 1. The number of hydrogen-bond donors (Lipinski definition) is 2. The highest BCUT2D eigenvalue weighted by atomic mass is 16.5. The van der Waals surface area contributed by atoms with Crippen LogP contribution in [-0.2, 0) is 6.42 Å². The zero-order chi connectivity index (χ0) is 22.6. The summed E-state index contributed by atoms with van der Waals surface area (Å²) in [6, 6.07) is 23.1. The van der Waals surface area contributed by atoms with Crippen LogP contribution in [0, 0.1) is 0 Å². The fourth-order valence-corrected chi connectivity index (χ4v) is 3.28. The maximum Gasteiger partial charge on any atom is 0.271 e. The van der Waals surface area contributed by atoms with Gasteiger partial charge in [0.1, 0.15) is 17.2 Å². The van der Waals surface area contributed by atoms with Gasteiger partial charge in [-0.3, -0.25) is 4.79 Å². The van der Waals surface area contributed by atoms with Gasteiger partial charge in [-0.05, 0) is 74.4 Å². The molecule has 162 valence electrons. The predicted octanol–water partition coefficient (Wildman–Crippen LogP) is 5.09. The van der Waals surface area contributed by atoms with Crippen molar-refractivity contribution in [3.8, 4) is 5.75 Å². The molecule has 0 bridgehead atoms. The monoisotopic (exact) mass is 426 g/mol. The molecule has 4 aromatic rings. The SMILES string of the molecule is CC(C)(C)Oc1ccc(/C=N\NC(=O)c2ccc3nc(Cc4ccccc4)[nH]c3c2)cc1. The van der Waals surface area contributed by atoms with Crippen LogP contribution in [0.15, 0.2) is 77.9 Å². The molecule has 32 heavy (non-hydrogen) atoms. The summed E-state index contributed by atoms with van der Waals surface area (Å²) in [4.78, 5) is 20.4. The molecule has 0 aliphatic rings. The van der Waals surface area contributed by atoms with Gasteiger partial charge in [-0.25, -0.2) is 10.4 Å². The van der Waals surface area contributed by atoms with Crippen LogP contribution < -0.4 is 10.2 Å². The van der Waals surface area contributed by atoms with Crippen LogP contribution in [0.2, 0.25) is 0 Å². The van der Waals surface area contributed by atoms with Gasteiger partial charge in [0.25, 0.3) is 5.91 Å². The first-order valence-corrected chi connectivity index (χ1v) is 10.5. The molecule has 0 saturated heterocycles. The Kier molecular flexibility index (Phi) is 6.03. The number of benzene rings is 3. The number of amides is 1. The summed E-state index contributed by atoms with van der Waals surface area (Å²) >= 11 is 0. The number of hydrazone groups is 1. The molecule has 0 spiro atoms. The summed E-state index contributed by atoms with van der Waals surface area (Å²) < 4.78 is 5.80. The zero-order valence-corrected chi connectivity index (χ0v) is 18.4. The molecule has 0 fully saturated rings. The molecular weight excluding hydrogens is 400 g/mol. The van der Waals surface area contributed by atoms with Crippen molar-refractivity contribution < 1.29 is 9.53 Å². The molecule has 0 atom stereocenters. The first kappa shape index (κ1) is 21.3. The molecule has 0 aliphatic carbocycles. The Bertz CT molecular complexity index is 1240. The van der Waals surface area contributed by atoms with Gasteiger partial charge in [-0.15, -0.1) is 0 Å². The predicted molar refractivity (Wildman–Crippen MR) is 127 cm³/mol. The Morgan fingerprint density at radius 3 is 2.53 bits per heavy atom. The fraction of sp³-hybridized carbons (Fsp3) is 0.192. The Hall–Kier alpha value is -3.93. The second-order valence-corrected chi connectivity index (χ2v) is 8.56. The fourth-order valence-electron chi connectivity index (χ4n) is 3.28. The zero-order valence-electron chi connectivity index (χ0n) is 18.4. The second-order valence-electron chi connectivity index (χ2n) is 8.56. The van der Waals surface area contributed by atoms with Crippen molar-refractivity contribution in [2.45, 2.75) is 32.8 Å². The van der Waals surface area contributed by atoms with Gasteiger partial charge >= 0.3 is 0 Å². The number of nitrogens with zero attached hydrogens (tertiary/aromatic N) is 2. The summed E-state index contributed by atoms with van der Waals surface area (Å²) in [6.45, 7) is 6.01. The smallest absolute Gasteiger partial charge is 0.271 e. The quantitative estimate of drug-likeness (QED) is 0.333. The first-order chi connectivity index (χ1) is 15.4. The van der Waals surface area contributed by atoms with Crippen LogP contribution >= 0.6 is 0 Å². The molecule has 6 heteroatoms. The van der Waals surface area contributed by atoms with Crippen LogP contribution in [0.4, 0.5) is 0 Å². The van der Waals surface area contributed by atoms with Gasteiger partial charge in [-0.1, -0.05) is 30.3 Å². The first-order valence-electron chi connectivity index (χ1n) is 10.5. The number of carbonyl (C=O) groups excluding carboxylic acids is 1. The summed E-state index contributed by atoms with van der Waals surface area (Å²) in [6.07, 6.45) is 2.31. The van der Waals surface area contributed by atoms with E-state index in [-0.39, 0.29) is 11.5 Å². The Morgan fingerprint density at radius 1 is 1.06 bits per heavy atom. The average molecular weight is 427 g/mol. The van der Waals surface area contributed by atoms with E-state index in [1.54, 1.807) is 18.3 Å². The normalized spacial score (nSPS) is 11.7. The van der Waals surface area contributed by atoms with Gasteiger partial charge in [0, 0.05) is 12.0 Å². The van der Waals surface area contributed by atoms with Gasteiger partial charge in [-0.2, -0.15) is 5.10 Å². The average Bonchev–Trinajstić information content (AvgIpc) is 3.16. The summed E-state index contributed by atoms with van der Waals surface area (Å²) in [5.74, 6) is 1.37. The molecule has 6 nitrogen and oxygen atoms in total. The third-order valence-corrected chi connectivity index (χ3v) is 4.69. The molecular formula is C26H26N4O2. The highest BCUT2D eigenvalue weighted by Gasteiger charge is 2.11. The standard InChI is InChI=1S/C26H26N4O2/c1-26(2,3)32-21-12-9-19(10-13-21)17-27-30-25(31)20-11-14-22-23(16-20)29-24(28-22)15-18-7-5-4-6-8-18/h4-14,16-17H,15H2,1-3H3,(H,28,29)(H,30,31)/b27-17-. The molecule has 1 amide bonds. The van der Waals surface area contributed by atoms with E-state index < -0.39 is 0 Å². The van der Waals surface area contributed by atoms with Crippen molar-refractivity contribution in [2.75, 3.05) is 0 Å². The number of rotatable bonds is 6. The summed E-state index contributed by atoms with van der Waals surface area (Å²) in [5, 5.41) is 4.07. The maximum atomic E-state index is 12.5. The van der Waals surface area contributed by atoms with Crippen molar-refractivity contribution in [2.24, 2.45) is 5.10 Å². The summed E-state index contributed by atoms with van der Waals surface area (Å²) in [7, 11) is 0. The number of carbonyl (C=O) groups is 1. The van der Waals surface area contributed by atoms with Crippen LogP contribution in [-0.4, -0.2) is 27.7 Å². The largest absolute Gasteiger partial charge is 0.488 e. The molecule has 4 rings (SSSR count). The molecule has 3 aromatic carbocycles. The summed E-state index contributed by atoms with van der Waals surface area (Å²) in [5.41, 5.74) is 6.53. The number of aromatic nitrogens is 2. The van der Waals surface area contributed by atoms with Crippen LogP contribution in [0.5, 0.6) is 5.75 Å². The van der Waals surface area contributed by atoms with E-state index >= 15 is 0 Å². The van der Waals surface area contributed by atoms with Crippen LogP contribution in [0.1, 0.15) is 48.1 Å². The lowest BCUT2D eigenvalue weighted by atomic mass is 10.1. The minimum absolute atomic E-state index is 0.248. The van der Waals surface area contributed by atoms with Crippen LogP contribution in [0.25, 0.3) is 11.0 Å².